The molecule has 1 rings (SSSR count). The molecule has 0 aliphatic rings. The summed E-state index contributed by atoms with van der Waals surface area (Å²) in [4.78, 5) is 10.9. The molecule has 0 saturated carbocycles. The molecule has 22 heavy (non-hydrogen) atoms. The van der Waals surface area contributed by atoms with Crippen LogP contribution in [0.5, 0.6) is 0 Å². The number of carbonyl (C=O) groups excluding carboxylic acids is 1. The minimum absolute atomic E-state index is 0.119. The summed E-state index contributed by atoms with van der Waals surface area (Å²) in [6.45, 7) is 4.77. The maximum absolute atomic E-state index is 12.1. The maximum Gasteiger partial charge on any atom is 0.216 e. The topological polar surface area (TPSA) is 104 Å². The first-order valence-electron chi connectivity index (χ1n) is 7.10. The van der Waals surface area contributed by atoms with Crippen LogP contribution in [0.15, 0.2) is 29.2 Å². The number of benzene rings is 1. The van der Waals surface area contributed by atoms with Gasteiger partial charge in [-0.15, -0.1) is 0 Å². The van der Waals surface area contributed by atoms with Crippen molar-refractivity contribution in [1.29, 1.82) is 0 Å². The van der Waals surface area contributed by atoms with Crippen molar-refractivity contribution < 1.29 is 23.4 Å². The van der Waals surface area contributed by atoms with Gasteiger partial charge in [-0.05, 0) is 38.0 Å². The Morgan fingerprint density at radius 1 is 1.27 bits per heavy atom. The standard InChI is InChI=1S/C15H23NO5S/c1-10(2)22(20,21)13-6-4-5-12(9-13)15(19)14(18)7-8-16-11(3)17/h4-6,9-10,14-15,18-19H,7-8H2,1-3H3,(H,16,17). The summed E-state index contributed by atoms with van der Waals surface area (Å²) in [6, 6.07) is 5.94. The van der Waals surface area contributed by atoms with E-state index in [2.05, 4.69) is 5.32 Å². The fraction of sp³-hybridized carbons (Fsp3) is 0.533. The van der Waals surface area contributed by atoms with Gasteiger partial charge in [0.2, 0.25) is 5.91 Å². The molecule has 2 atom stereocenters. The van der Waals surface area contributed by atoms with Crippen LogP contribution in [-0.4, -0.2) is 42.4 Å². The van der Waals surface area contributed by atoms with E-state index < -0.39 is 27.3 Å². The van der Waals surface area contributed by atoms with Gasteiger partial charge in [-0.25, -0.2) is 8.42 Å². The highest BCUT2D eigenvalue weighted by atomic mass is 32.2. The molecule has 7 heteroatoms. The van der Waals surface area contributed by atoms with E-state index >= 15 is 0 Å². The maximum atomic E-state index is 12.1. The Morgan fingerprint density at radius 3 is 2.45 bits per heavy atom. The molecular weight excluding hydrogens is 306 g/mol. The summed E-state index contributed by atoms with van der Waals surface area (Å²) in [5.41, 5.74) is 0.331. The van der Waals surface area contributed by atoms with Gasteiger partial charge in [0, 0.05) is 13.5 Å². The lowest BCUT2D eigenvalue weighted by molar-refractivity contribution is -0.119. The van der Waals surface area contributed by atoms with Crippen molar-refractivity contribution in [3.05, 3.63) is 29.8 Å². The Morgan fingerprint density at radius 2 is 1.91 bits per heavy atom. The highest BCUT2D eigenvalue weighted by Crippen LogP contribution is 2.23. The number of hydrogen-bond donors (Lipinski definition) is 3. The van der Waals surface area contributed by atoms with Crippen molar-refractivity contribution in [3.63, 3.8) is 0 Å². The molecule has 0 aliphatic heterocycles. The third-order valence-corrected chi connectivity index (χ3v) is 5.48. The second-order valence-electron chi connectivity index (χ2n) is 5.45. The first-order chi connectivity index (χ1) is 10.2. The van der Waals surface area contributed by atoms with Crippen LogP contribution in [0.4, 0.5) is 0 Å². The Kier molecular flexibility index (Phi) is 6.52. The molecule has 0 aromatic heterocycles. The largest absolute Gasteiger partial charge is 0.390 e. The lowest BCUT2D eigenvalue weighted by Gasteiger charge is -2.19. The number of rotatable bonds is 7. The van der Waals surface area contributed by atoms with E-state index in [1.54, 1.807) is 19.9 Å². The molecule has 0 bridgehead atoms. The zero-order valence-corrected chi connectivity index (χ0v) is 13.8. The average molecular weight is 329 g/mol. The van der Waals surface area contributed by atoms with Crippen LogP contribution >= 0.6 is 0 Å². The predicted molar refractivity (Wildman–Crippen MR) is 83.0 cm³/mol. The third-order valence-electron chi connectivity index (χ3n) is 3.33. The molecule has 0 radical (unpaired) electrons. The summed E-state index contributed by atoms with van der Waals surface area (Å²) >= 11 is 0. The molecule has 1 aromatic carbocycles. The summed E-state index contributed by atoms with van der Waals surface area (Å²) in [7, 11) is -3.44. The number of aliphatic hydroxyl groups is 2. The van der Waals surface area contributed by atoms with Gasteiger partial charge in [0.15, 0.2) is 9.84 Å². The molecule has 0 saturated heterocycles. The summed E-state index contributed by atoms with van der Waals surface area (Å²) in [5, 5.41) is 22.0. The molecule has 0 spiro atoms. The van der Waals surface area contributed by atoms with Crippen molar-refractivity contribution >= 4 is 15.7 Å². The second kappa shape index (κ2) is 7.71. The fourth-order valence-corrected chi connectivity index (χ4v) is 3.04. The highest BCUT2D eigenvalue weighted by Gasteiger charge is 2.23. The Bertz CT molecular complexity index is 612. The quantitative estimate of drug-likeness (QED) is 0.686. The van der Waals surface area contributed by atoms with Gasteiger partial charge >= 0.3 is 0 Å². The first-order valence-corrected chi connectivity index (χ1v) is 8.65. The van der Waals surface area contributed by atoms with Gasteiger partial charge < -0.3 is 15.5 Å². The van der Waals surface area contributed by atoms with E-state index in [4.69, 9.17) is 0 Å². The van der Waals surface area contributed by atoms with Crippen molar-refractivity contribution in [2.75, 3.05) is 6.54 Å². The smallest absolute Gasteiger partial charge is 0.216 e. The van der Waals surface area contributed by atoms with Gasteiger partial charge in [0.25, 0.3) is 0 Å². The molecule has 1 amide bonds. The first kappa shape index (κ1) is 18.6. The van der Waals surface area contributed by atoms with E-state index in [9.17, 15) is 23.4 Å². The minimum Gasteiger partial charge on any atom is -0.390 e. The zero-order valence-electron chi connectivity index (χ0n) is 13.0. The number of sulfone groups is 1. The Hall–Kier alpha value is -1.44. The molecule has 1 aromatic rings. The van der Waals surface area contributed by atoms with Crippen molar-refractivity contribution in [2.45, 2.75) is 49.5 Å². The number of amides is 1. The number of aliphatic hydroxyl groups excluding tert-OH is 2. The predicted octanol–water partition coefficient (Wildman–Crippen LogP) is 0.789. The summed E-state index contributed by atoms with van der Waals surface area (Å²) in [6.07, 6.45) is -2.14. The van der Waals surface area contributed by atoms with Crippen LogP contribution in [0.3, 0.4) is 0 Å². The molecule has 6 nitrogen and oxygen atoms in total. The minimum atomic E-state index is -3.44. The molecule has 0 heterocycles. The molecular formula is C15H23NO5S. The Labute approximate surface area is 131 Å². The van der Waals surface area contributed by atoms with Crippen LogP contribution in [0.25, 0.3) is 0 Å². The van der Waals surface area contributed by atoms with Gasteiger partial charge in [0.05, 0.1) is 16.2 Å². The van der Waals surface area contributed by atoms with Crippen LogP contribution in [0, 0.1) is 0 Å². The fourth-order valence-electron chi connectivity index (χ4n) is 1.92. The molecule has 2 unspecified atom stereocenters. The van der Waals surface area contributed by atoms with E-state index in [1.165, 1.54) is 25.1 Å². The highest BCUT2D eigenvalue weighted by molar-refractivity contribution is 7.92. The second-order valence-corrected chi connectivity index (χ2v) is 7.95. The van der Waals surface area contributed by atoms with E-state index in [-0.39, 0.29) is 23.8 Å². The van der Waals surface area contributed by atoms with E-state index in [1.807, 2.05) is 0 Å². The zero-order chi connectivity index (χ0) is 16.9. The number of nitrogens with one attached hydrogen (secondary N) is 1. The van der Waals surface area contributed by atoms with Crippen LogP contribution < -0.4 is 5.32 Å². The SMILES string of the molecule is CC(=O)NCCC(O)C(O)c1cccc(S(=O)(=O)C(C)C)c1. The summed E-state index contributed by atoms with van der Waals surface area (Å²) in [5.74, 6) is -0.216. The molecule has 3 N–H and O–H groups in total. The normalized spacial score (nSPS) is 14.6. The van der Waals surface area contributed by atoms with Crippen LogP contribution in [-0.2, 0) is 14.6 Å². The van der Waals surface area contributed by atoms with Gasteiger partial charge in [-0.3, -0.25) is 4.79 Å². The summed E-state index contributed by atoms with van der Waals surface area (Å²) < 4.78 is 24.3. The van der Waals surface area contributed by atoms with Crippen molar-refractivity contribution in [3.8, 4) is 0 Å². The van der Waals surface area contributed by atoms with Crippen LogP contribution in [0.2, 0.25) is 0 Å². The van der Waals surface area contributed by atoms with Crippen LogP contribution in [0.1, 0.15) is 38.9 Å². The van der Waals surface area contributed by atoms with E-state index in [0.717, 1.165) is 0 Å². The van der Waals surface area contributed by atoms with Gasteiger partial charge in [0.1, 0.15) is 6.10 Å². The Balaban J connectivity index is 2.86. The van der Waals surface area contributed by atoms with Crippen molar-refractivity contribution in [1.82, 2.24) is 5.32 Å². The number of carbonyl (C=O) groups is 1. The lowest BCUT2D eigenvalue weighted by Crippen LogP contribution is -2.27. The monoisotopic (exact) mass is 329 g/mol. The molecule has 124 valence electrons. The third kappa shape index (κ3) is 4.79. The molecule has 0 aliphatic carbocycles. The number of hydrogen-bond acceptors (Lipinski definition) is 5. The van der Waals surface area contributed by atoms with Gasteiger partial charge in [-0.2, -0.15) is 0 Å². The molecule has 0 fully saturated rings. The van der Waals surface area contributed by atoms with E-state index in [0.29, 0.717) is 5.56 Å². The lowest BCUT2D eigenvalue weighted by atomic mass is 10.0. The van der Waals surface area contributed by atoms with Crippen molar-refractivity contribution in [2.24, 2.45) is 0 Å². The van der Waals surface area contributed by atoms with Gasteiger partial charge in [-0.1, -0.05) is 12.1 Å². The average Bonchev–Trinajstić information content (AvgIpc) is 2.45.